The number of carbonyl (C=O) groups is 1. The summed E-state index contributed by atoms with van der Waals surface area (Å²) in [5, 5.41) is 16.1. The van der Waals surface area contributed by atoms with Crippen molar-refractivity contribution in [1.29, 1.82) is 0 Å². The number of urea groups is 1. The van der Waals surface area contributed by atoms with Crippen molar-refractivity contribution in [1.82, 2.24) is 25.1 Å². The summed E-state index contributed by atoms with van der Waals surface area (Å²) in [6.07, 6.45) is 0. The van der Waals surface area contributed by atoms with E-state index in [1.807, 2.05) is 32.0 Å². The van der Waals surface area contributed by atoms with Crippen LogP contribution >= 0.6 is 11.6 Å². The molecule has 4 rings (SSSR count). The third-order valence-electron chi connectivity index (χ3n) is 4.19. The van der Waals surface area contributed by atoms with Crippen molar-refractivity contribution in [3.05, 3.63) is 71.0 Å². The van der Waals surface area contributed by atoms with E-state index in [4.69, 9.17) is 11.6 Å². The third kappa shape index (κ3) is 5.34. The summed E-state index contributed by atoms with van der Waals surface area (Å²) in [5.41, 5.74) is 3.75. The van der Waals surface area contributed by atoms with Gasteiger partial charge >= 0.3 is 6.03 Å². The van der Waals surface area contributed by atoms with E-state index < -0.39 is 0 Å². The summed E-state index contributed by atoms with van der Waals surface area (Å²) in [7, 11) is 0. The smallest absolute Gasteiger partial charge is 0.308 e. The van der Waals surface area contributed by atoms with Crippen molar-refractivity contribution in [2.24, 2.45) is 0 Å². The van der Waals surface area contributed by atoms with Crippen molar-refractivity contribution >= 4 is 40.9 Å². The zero-order valence-electron chi connectivity index (χ0n) is 16.8. The predicted molar refractivity (Wildman–Crippen MR) is 121 cm³/mol. The van der Waals surface area contributed by atoms with Crippen LogP contribution < -0.4 is 16.0 Å². The van der Waals surface area contributed by atoms with Gasteiger partial charge in [0.05, 0.1) is 0 Å². The highest BCUT2D eigenvalue weighted by molar-refractivity contribution is 6.30. The van der Waals surface area contributed by atoms with E-state index in [0.29, 0.717) is 34.1 Å². The molecule has 2 aromatic carbocycles. The first-order chi connectivity index (χ1) is 14.9. The lowest BCUT2D eigenvalue weighted by Crippen LogP contribution is -2.19. The molecule has 2 amide bonds. The van der Waals surface area contributed by atoms with E-state index in [-0.39, 0.29) is 6.03 Å². The van der Waals surface area contributed by atoms with Crippen molar-refractivity contribution in [2.75, 3.05) is 16.0 Å². The van der Waals surface area contributed by atoms with Crippen LogP contribution in [0.4, 0.5) is 28.1 Å². The van der Waals surface area contributed by atoms with Crippen LogP contribution in [0.25, 0.3) is 11.4 Å². The maximum absolute atomic E-state index is 12.2. The fraction of sp³-hybridized carbons (Fsp3) is 0.0952. The van der Waals surface area contributed by atoms with E-state index in [9.17, 15) is 4.79 Å². The number of aromatic nitrogens is 5. The van der Waals surface area contributed by atoms with E-state index in [1.165, 1.54) is 0 Å². The minimum atomic E-state index is -0.366. The Kier molecular flexibility index (Phi) is 5.76. The molecule has 0 aliphatic rings. The van der Waals surface area contributed by atoms with E-state index in [1.54, 1.807) is 36.4 Å². The summed E-state index contributed by atoms with van der Waals surface area (Å²) in [4.78, 5) is 25.2. The number of nitrogens with one attached hydrogen (secondary N) is 4. The SMILES string of the molecule is Cc1cc(C)nc(Nc2n[nH]c(-c3ccc(NC(=O)Nc4cccc(Cl)c4)cc3)n2)n1. The zero-order valence-corrected chi connectivity index (χ0v) is 17.5. The second kappa shape index (κ2) is 8.80. The molecule has 9 nitrogen and oxygen atoms in total. The number of hydrogen-bond acceptors (Lipinski definition) is 6. The zero-order chi connectivity index (χ0) is 21.8. The second-order valence-electron chi connectivity index (χ2n) is 6.77. The number of nitrogens with zero attached hydrogens (tertiary/aromatic N) is 4. The Morgan fingerprint density at radius 3 is 2.29 bits per heavy atom. The number of aryl methyl sites for hydroxylation is 2. The number of benzene rings is 2. The van der Waals surface area contributed by atoms with Crippen LogP contribution in [0.2, 0.25) is 5.02 Å². The van der Waals surface area contributed by atoms with Crippen molar-refractivity contribution in [3.8, 4) is 11.4 Å². The highest BCUT2D eigenvalue weighted by Crippen LogP contribution is 2.20. The van der Waals surface area contributed by atoms with Gasteiger partial charge in [0.25, 0.3) is 0 Å². The number of carbonyl (C=O) groups excluding carboxylic acids is 1. The quantitative estimate of drug-likeness (QED) is 0.354. The predicted octanol–water partition coefficient (Wildman–Crippen LogP) is 4.92. The van der Waals surface area contributed by atoms with E-state index in [0.717, 1.165) is 17.0 Å². The molecule has 0 radical (unpaired) electrons. The minimum Gasteiger partial charge on any atom is -0.308 e. The summed E-state index contributed by atoms with van der Waals surface area (Å²) >= 11 is 5.93. The number of aromatic amines is 1. The second-order valence-corrected chi connectivity index (χ2v) is 7.21. The number of rotatable bonds is 5. The molecule has 156 valence electrons. The van der Waals surface area contributed by atoms with Gasteiger partial charge in [-0.25, -0.2) is 14.8 Å². The average molecular weight is 435 g/mol. The maximum atomic E-state index is 12.2. The topological polar surface area (TPSA) is 121 Å². The summed E-state index contributed by atoms with van der Waals surface area (Å²) in [6, 6.07) is 15.6. The number of anilines is 4. The van der Waals surface area contributed by atoms with Crippen molar-refractivity contribution in [3.63, 3.8) is 0 Å². The van der Waals surface area contributed by atoms with Crippen molar-refractivity contribution < 1.29 is 4.79 Å². The highest BCUT2D eigenvalue weighted by Gasteiger charge is 2.09. The van der Waals surface area contributed by atoms with Gasteiger partial charge in [-0.1, -0.05) is 17.7 Å². The van der Waals surface area contributed by atoms with Crippen LogP contribution in [0.5, 0.6) is 0 Å². The number of halogens is 1. The van der Waals surface area contributed by atoms with Crippen LogP contribution in [0.15, 0.2) is 54.6 Å². The molecule has 0 fully saturated rings. The van der Waals surface area contributed by atoms with Crippen molar-refractivity contribution in [2.45, 2.75) is 13.8 Å². The first-order valence-electron chi connectivity index (χ1n) is 9.40. The molecule has 31 heavy (non-hydrogen) atoms. The molecular weight excluding hydrogens is 416 g/mol. The van der Waals surface area contributed by atoms with Gasteiger partial charge in [0.2, 0.25) is 11.9 Å². The van der Waals surface area contributed by atoms with Gasteiger partial charge in [-0.2, -0.15) is 4.98 Å². The maximum Gasteiger partial charge on any atom is 0.323 e. The van der Waals surface area contributed by atoms with Gasteiger partial charge in [-0.15, -0.1) is 5.10 Å². The summed E-state index contributed by atoms with van der Waals surface area (Å²) in [6.45, 7) is 3.79. The average Bonchev–Trinajstić information content (AvgIpc) is 3.16. The molecule has 0 saturated carbocycles. The van der Waals surface area contributed by atoms with Gasteiger partial charge in [0.1, 0.15) is 0 Å². The largest absolute Gasteiger partial charge is 0.323 e. The Morgan fingerprint density at radius 1 is 0.871 bits per heavy atom. The van der Waals surface area contributed by atoms with Crippen LogP contribution in [-0.2, 0) is 0 Å². The normalized spacial score (nSPS) is 10.5. The van der Waals surface area contributed by atoms with Gasteiger partial charge in [0.15, 0.2) is 5.82 Å². The monoisotopic (exact) mass is 434 g/mol. The molecule has 2 heterocycles. The summed E-state index contributed by atoms with van der Waals surface area (Å²) < 4.78 is 0. The van der Waals surface area contributed by atoms with Crippen LogP contribution in [0, 0.1) is 13.8 Å². The Balaban J connectivity index is 1.39. The molecule has 4 aromatic rings. The molecule has 0 spiro atoms. The molecule has 10 heteroatoms. The molecule has 0 atom stereocenters. The lowest BCUT2D eigenvalue weighted by molar-refractivity contribution is 0.262. The molecule has 0 bridgehead atoms. The first kappa shape index (κ1) is 20.3. The molecule has 0 saturated heterocycles. The molecule has 4 N–H and O–H groups in total. The molecule has 2 aromatic heterocycles. The van der Waals surface area contributed by atoms with Gasteiger partial charge in [0, 0.05) is 33.3 Å². The number of amides is 2. The molecule has 0 aliphatic heterocycles. The minimum absolute atomic E-state index is 0.364. The standard InChI is InChI=1S/C21H19ClN8O/c1-12-10-13(2)24-19(23-12)28-20-27-18(29-30-20)14-6-8-16(9-7-14)25-21(31)26-17-5-3-4-15(22)11-17/h3-11H,1-2H3,(H2,25,26,31)(H2,23,24,27,28,29,30). The highest BCUT2D eigenvalue weighted by atomic mass is 35.5. The lowest BCUT2D eigenvalue weighted by Gasteiger charge is -2.08. The Labute approximate surface area is 183 Å². The van der Waals surface area contributed by atoms with Crippen LogP contribution in [-0.4, -0.2) is 31.2 Å². The third-order valence-corrected chi connectivity index (χ3v) is 4.43. The fourth-order valence-corrected chi connectivity index (χ4v) is 3.09. The van der Waals surface area contributed by atoms with E-state index in [2.05, 4.69) is 41.1 Å². The molecule has 0 aliphatic carbocycles. The molecular formula is C21H19ClN8O. The van der Waals surface area contributed by atoms with Gasteiger partial charge in [-0.05, 0) is 62.4 Å². The van der Waals surface area contributed by atoms with Gasteiger partial charge in [-0.3, -0.25) is 10.4 Å². The first-order valence-corrected chi connectivity index (χ1v) is 9.78. The van der Waals surface area contributed by atoms with Crippen LogP contribution in [0.1, 0.15) is 11.4 Å². The molecule has 0 unspecified atom stereocenters. The summed E-state index contributed by atoms with van der Waals surface area (Å²) in [5.74, 6) is 1.37. The fourth-order valence-electron chi connectivity index (χ4n) is 2.90. The Morgan fingerprint density at radius 2 is 1.58 bits per heavy atom. The Bertz CT molecular complexity index is 1200. The number of hydrogen-bond donors (Lipinski definition) is 4. The lowest BCUT2D eigenvalue weighted by atomic mass is 10.2. The van der Waals surface area contributed by atoms with Gasteiger partial charge < -0.3 is 10.6 Å². The van der Waals surface area contributed by atoms with Crippen LogP contribution in [0.3, 0.4) is 0 Å². The van der Waals surface area contributed by atoms with E-state index >= 15 is 0 Å². The number of H-pyrrole nitrogens is 1. The Hall–Kier alpha value is -3.98.